The number of para-hydroxylation sites is 1. The molecule has 0 atom stereocenters. The van der Waals surface area contributed by atoms with Crippen molar-refractivity contribution in [3.05, 3.63) is 46.3 Å². The summed E-state index contributed by atoms with van der Waals surface area (Å²) in [7, 11) is 1.52. The van der Waals surface area contributed by atoms with Crippen LogP contribution in [0.1, 0.15) is 27.7 Å². The average molecular weight is 338 g/mol. The number of benzene rings is 1. The van der Waals surface area contributed by atoms with E-state index >= 15 is 0 Å². The Labute approximate surface area is 138 Å². The molecule has 6 heteroatoms. The van der Waals surface area contributed by atoms with Gasteiger partial charge in [0.05, 0.1) is 18.2 Å². The monoisotopic (exact) mass is 337 g/mol. The number of thiophene rings is 1. The number of ketones is 1. The van der Waals surface area contributed by atoms with Gasteiger partial charge in [0.15, 0.2) is 5.78 Å². The molecule has 0 bridgehead atoms. The minimum atomic E-state index is -0.333. The molecule has 22 heavy (non-hydrogen) atoms. The van der Waals surface area contributed by atoms with Crippen molar-refractivity contribution in [1.29, 1.82) is 0 Å². The van der Waals surface area contributed by atoms with Gasteiger partial charge in [-0.05, 0) is 24.6 Å². The molecule has 1 N–H and O–H groups in total. The Kier molecular flexibility index (Phi) is 5.57. The lowest BCUT2D eigenvalue weighted by Crippen LogP contribution is -2.14. The summed E-state index contributed by atoms with van der Waals surface area (Å²) in [4.78, 5) is 25.3. The van der Waals surface area contributed by atoms with E-state index in [1.807, 2.05) is 13.0 Å². The van der Waals surface area contributed by atoms with Gasteiger partial charge in [-0.25, -0.2) is 0 Å². The minimum Gasteiger partial charge on any atom is -0.496 e. The Balaban J connectivity index is 2.44. The van der Waals surface area contributed by atoms with Crippen LogP contribution in [0.3, 0.4) is 0 Å². The molecule has 116 valence electrons. The maximum absolute atomic E-state index is 12.8. The minimum absolute atomic E-state index is 0.151. The van der Waals surface area contributed by atoms with Gasteiger partial charge in [-0.3, -0.25) is 9.59 Å². The fraction of sp³-hybridized carbons (Fsp3) is 0.250. The van der Waals surface area contributed by atoms with Crippen molar-refractivity contribution < 1.29 is 14.3 Å². The van der Waals surface area contributed by atoms with Gasteiger partial charge < -0.3 is 10.1 Å². The van der Waals surface area contributed by atoms with Crippen LogP contribution < -0.4 is 10.1 Å². The van der Waals surface area contributed by atoms with Crippen molar-refractivity contribution in [2.24, 2.45) is 0 Å². The Morgan fingerprint density at radius 1 is 1.27 bits per heavy atom. The molecule has 0 aliphatic carbocycles. The number of alkyl halides is 1. The predicted molar refractivity (Wildman–Crippen MR) is 89.5 cm³/mol. The van der Waals surface area contributed by atoms with Crippen LogP contribution in [0.4, 0.5) is 5.00 Å². The molecule has 0 saturated carbocycles. The molecule has 0 saturated heterocycles. The molecule has 2 aromatic rings. The normalized spacial score (nSPS) is 10.3. The lowest BCUT2D eigenvalue weighted by molar-refractivity contribution is -0.113. The number of halogens is 1. The third kappa shape index (κ3) is 3.48. The van der Waals surface area contributed by atoms with E-state index in [2.05, 4.69) is 5.32 Å². The van der Waals surface area contributed by atoms with Crippen LogP contribution in [0, 0.1) is 0 Å². The summed E-state index contributed by atoms with van der Waals surface area (Å²) in [6.45, 7) is 2.00. The Bertz CT molecular complexity index is 696. The van der Waals surface area contributed by atoms with Crippen LogP contribution in [0.5, 0.6) is 5.75 Å². The first-order valence-electron chi connectivity index (χ1n) is 6.77. The molecule has 0 radical (unpaired) electrons. The van der Waals surface area contributed by atoms with Gasteiger partial charge in [0.25, 0.3) is 0 Å². The number of amides is 1. The number of carbonyl (C=O) groups is 2. The van der Waals surface area contributed by atoms with E-state index in [1.54, 1.807) is 24.3 Å². The second-order valence-corrected chi connectivity index (χ2v) is 5.92. The SMILES string of the molecule is CCc1cc(C(=O)c2ccccc2OC)c(NC(=O)CCl)s1. The molecule has 1 heterocycles. The van der Waals surface area contributed by atoms with E-state index < -0.39 is 0 Å². The van der Waals surface area contributed by atoms with Crippen LogP contribution in [0.15, 0.2) is 30.3 Å². The fourth-order valence-corrected chi connectivity index (χ4v) is 3.09. The number of hydrogen-bond acceptors (Lipinski definition) is 4. The number of hydrogen-bond donors (Lipinski definition) is 1. The van der Waals surface area contributed by atoms with Gasteiger partial charge in [0.1, 0.15) is 16.6 Å². The number of ether oxygens (including phenoxy) is 1. The lowest BCUT2D eigenvalue weighted by atomic mass is 10.0. The standard InChI is InChI=1S/C16H16ClNO3S/c1-3-10-8-12(16(22-10)18-14(19)9-17)15(20)11-6-4-5-7-13(11)21-2/h4-8H,3,9H2,1-2H3,(H,18,19). The van der Waals surface area contributed by atoms with Gasteiger partial charge >= 0.3 is 0 Å². The van der Waals surface area contributed by atoms with E-state index in [9.17, 15) is 9.59 Å². The van der Waals surface area contributed by atoms with Crippen molar-refractivity contribution in [2.75, 3.05) is 18.3 Å². The van der Waals surface area contributed by atoms with Gasteiger partial charge in [0, 0.05) is 4.88 Å². The summed E-state index contributed by atoms with van der Waals surface area (Å²) in [5.41, 5.74) is 0.927. The Morgan fingerprint density at radius 2 is 2.00 bits per heavy atom. The fourth-order valence-electron chi connectivity index (χ4n) is 2.02. The van der Waals surface area contributed by atoms with E-state index in [4.69, 9.17) is 16.3 Å². The average Bonchev–Trinajstić information content (AvgIpc) is 2.96. The molecular formula is C16H16ClNO3S. The molecule has 0 fully saturated rings. The number of aryl methyl sites for hydroxylation is 1. The zero-order valence-corrected chi connectivity index (χ0v) is 13.9. The van der Waals surface area contributed by atoms with Gasteiger partial charge in [0.2, 0.25) is 5.91 Å². The molecule has 1 amide bonds. The number of rotatable bonds is 6. The Hall–Kier alpha value is -1.85. The van der Waals surface area contributed by atoms with E-state index in [0.29, 0.717) is 21.9 Å². The predicted octanol–water partition coefficient (Wildman–Crippen LogP) is 3.73. The molecular weight excluding hydrogens is 322 g/mol. The van der Waals surface area contributed by atoms with Gasteiger partial charge in [-0.15, -0.1) is 22.9 Å². The molecule has 1 aromatic carbocycles. The first kappa shape index (κ1) is 16.5. The first-order valence-corrected chi connectivity index (χ1v) is 8.12. The van der Waals surface area contributed by atoms with Crippen molar-refractivity contribution in [2.45, 2.75) is 13.3 Å². The summed E-state index contributed by atoms with van der Waals surface area (Å²) in [5.74, 6) is -0.161. The van der Waals surface area contributed by atoms with Crippen LogP contribution >= 0.6 is 22.9 Å². The van der Waals surface area contributed by atoms with Crippen molar-refractivity contribution in [1.82, 2.24) is 0 Å². The largest absolute Gasteiger partial charge is 0.496 e. The van der Waals surface area contributed by atoms with Crippen molar-refractivity contribution >= 4 is 39.6 Å². The van der Waals surface area contributed by atoms with Crippen LogP contribution in [0.25, 0.3) is 0 Å². The summed E-state index contributed by atoms with van der Waals surface area (Å²) in [6, 6.07) is 8.83. The Morgan fingerprint density at radius 3 is 2.64 bits per heavy atom. The molecule has 1 aromatic heterocycles. The van der Waals surface area contributed by atoms with Crippen LogP contribution in [-0.2, 0) is 11.2 Å². The highest BCUT2D eigenvalue weighted by Crippen LogP contribution is 2.32. The molecule has 0 spiro atoms. The zero-order valence-electron chi connectivity index (χ0n) is 12.3. The van der Waals surface area contributed by atoms with E-state index in [1.165, 1.54) is 18.4 Å². The highest BCUT2D eigenvalue weighted by atomic mass is 35.5. The summed E-state index contributed by atoms with van der Waals surface area (Å²) in [5, 5.41) is 3.22. The summed E-state index contributed by atoms with van der Waals surface area (Å²) in [6.07, 6.45) is 0.785. The highest BCUT2D eigenvalue weighted by Gasteiger charge is 2.21. The molecule has 0 aliphatic rings. The molecule has 0 unspecified atom stereocenters. The topological polar surface area (TPSA) is 55.4 Å². The quantitative estimate of drug-likeness (QED) is 0.645. The highest BCUT2D eigenvalue weighted by molar-refractivity contribution is 7.16. The smallest absolute Gasteiger partial charge is 0.239 e. The summed E-state index contributed by atoms with van der Waals surface area (Å²) >= 11 is 6.91. The molecule has 0 aliphatic heterocycles. The van der Waals surface area contributed by atoms with Gasteiger partial charge in [-0.2, -0.15) is 0 Å². The molecule has 2 rings (SSSR count). The third-order valence-electron chi connectivity index (χ3n) is 3.10. The van der Waals surface area contributed by atoms with Gasteiger partial charge in [-0.1, -0.05) is 19.1 Å². The first-order chi connectivity index (χ1) is 10.6. The number of nitrogens with one attached hydrogen (secondary N) is 1. The second kappa shape index (κ2) is 7.42. The van der Waals surface area contributed by atoms with Crippen LogP contribution in [-0.4, -0.2) is 24.7 Å². The maximum Gasteiger partial charge on any atom is 0.239 e. The second-order valence-electron chi connectivity index (χ2n) is 4.52. The zero-order chi connectivity index (χ0) is 16.1. The number of carbonyl (C=O) groups excluding carboxylic acids is 2. The van der Waals surface area contributed by atoms with Crippen molar-refractivity contribution in [3.63, 3.8) is 0 Å². The number of anilines is 1. The maximum atomic E-state index is 12.8. The van der Waals surface area contributed by atoms with E-state index in [0.717, 1.165) is 11.3 Å². The third-order valence-corrected chi connectivity index (χ3v) is 4.54. The summed E-state index contributed by atoms with van der Waals surface area (Å²) < 4.78 is 5.24. The molecule has 4 nitrogen and oxygen atoms in total. The number of methoxy groups -OCH3 is 1. The van der Waals surface area contributed by atoms with Crippen molar-refractivity contribution in [3.8, 4) is 5.75 Å². The van der Waals surface area contributed by atoms with E-state index in [-0.39, 0.29) is 17.6 Å². The lowest BCUT2D eigenvalue weighted by Gasteiger charge is -2.08. The van der Waals surface area contributed by atoms with Crippen LogP contribution in [0.2, 0.25) is 0 Å².